The zero-order valence-corrected chi connectivity index (χ0v) is 52.3. The summed E-state index contributed by atoms with van der Waals surface area (Å²) in [6, 6.07) is 0. The van der Waals surface area contributed by atoms with Gasteiger partial charge in [-0.1, -0.05) is 285 Å². The van der Waals surface area contributed by atoms with E-state index >= 15 is 0 Å². The molecule has 0 rings (SSSR count). The molecule has 0 saturated carbocycles. The van der Waals surface area contributed by atoms with Crippen LogP contribution in [0.15, 0.2) is 0 Å². The predicted molar refractivity (Wildman–Crippen MR) is 302 cm³/mol. The van der Waals surface area contributed by atoms with Crippen LogP contribution in [0.25, 0.3) is 0 Å². The van der Waals surface area contributed by atoms with Crippen LogP contribution in [-0.4, -0.2) is 36.1 Å². The van der Waals surface area contributed by atoms with Crippen molar-refractivity contribution in [2.45, 2.75) is 387 Å². The molecule has 9 heteroatoms. The van der Waals surface area contributed by atoms with E-state index in [9.17, 15) is 29.4 Å². The Labute approximate surface area is 466 Å². The standard InChI is InChI=1S/2C32H62O4.Zn/c2*1-3-5-7-9-11-13-15-17-19-21-23-26-30(27-25-28-31(33)34)36-32(35)29-24-22-20-18-16-14-12-10-8-6-4-2;/h2*30H,3-29H2,1-2H3,(H,33,34);/q;;+2/p-2. The van der Waals surface area contributed by atoms with Gasteiger partial charge >= 0.3 is 31.4 Å². The third kappa shape index (κ3) is 66.6. The van der Waals surface area contributed by atoms with E-state index in [-0.39, 0.29) is 56.5 Å². The van der Waals surface area contributed by atoms with Crippen LogP contribution in [0.2, 0.25) is 0 Å². The molecule has 73 heavy (non-hydrogen) atoms. The first-order valence-electron chi connectivity index (χ1n) is 32.0. The van der Waals surface area contributed by atoms with Crippen LogP contribution in [0.3, 0.4) is 0 Å². The molecule has 0 fully saturated rings. The molecule has 428 valence electrons. The maximum absolute atomic E-state index is 12.4. The number of carboxylic acids is 2. The van der Waals surface area contributed by atoms with Crippen molar-refractivity contribution in [2.75, 3.05) is 0 Å². The molecule has 0 aromatic carbocycles. The Morgan fingerprint density at radius 2 is 0.438 bits per heavy atom. The summed E-state index contributed by atoms with van der Waals surface area (Å²) in [4.78, 5) is 46.3. The fourth-order valence-corrected chi connectivity index (χ4v) is 9.90. The summed E-state index contributed by atoms with van der Waals surface area (Å²) in [5.41, 5.74) is 0. The largest absolute Gasteiger partial charge is 2.00 e. The Balaban J connectivity index is -0.00000132. The van der Waals surface area contributed by atoms with Gasteiger partial charge in [-0.2, -0.15) is 0 Å². The van der Waals surface area contributed by atoms with Crippen LogP contribution in [-0.2, 0) is 48.1 Å². The number of esters is 2. The van der Waals surface area contributed by atoms with E-state index in [0.29, 0.717) is 38.5 Å². The second kappa shape index (κ2) is 64.8. The molecule has 0 aliphatic heterocycles. The molecule has 0 bridgehead atoms. The predicted octanol–water partition coefficient (Wildman–Crippen LogP) is 18.4. The van der Waals surface area contributed by atoms with Gasteiger partial charge in [0, 0.05) is 24.8 Å². The van der Waals surface area contributed by atoms with Gasteiger partial charge in [-0.05, 0) is 77.0 Å². The van der Waals surface area contributed by atoms with Gasteiger partial charge in [-0.25, -0.2) is 0 Å². The first-order valence-corrected chi connectivity index (χ1v) is 32.0. The molecule has 0 heterocycles. The number of ether oxygens (including phenoxy) is 2. The molecule has 0 radical (unpaired) electrons. The average molecular weight is 1090 g/mol. The summed E-state index contributed by atoms with van der Waals surface area (Å²) < 4.78 is 11.5. The van der Waals surface area contributed by atoms with Gasteiger partial charge in [0.15, 0.2) is 0 Å². The molecule has 8 nitrogen and oxygen atoms in total. The third-order valence-corrected chi connectivity index (χ3v) is 14.6. The fourth-order valence-electron chi connectivity index (χ4n) is 9.90. The quantitative estimate of drug-likeness (QED) is 0.0334. The number of rotatable bonds is 58. The monoisotopic (exact) mass is 1080 g/mol. The number of aliphatic carboxylic acids is 2. The van der Waals surface area contributed by atoms with Crippen molar-refractivity contribution in [1.29, 1.82) is 0 Å². The van der Waals surface area contributed by atoms with Crippen molar-refractivity contribution in [3.63, 3.8) is 0 Å². The van der Waals surface area contributed by atoms with Crippen LogP contribution in [0.5, 0.6) is 0 Å². The maximum atomic E-state index is 12.4. The van der Waals surface area contributed by atoms with E-state index in [2.05, 4.69) is 27.7 Å². The molecule has 2 atom stereocenters. The number of carboxylic acid groups (broad SMARTS) is 2. The summed E-state index contributed by atoms with van der Waals surface area (Å²) in [6.45, 7) is 9.03. The molecule has 0 spiro atoms. The smallest absolute Gasteiger partial charge is 0.550 e. The van der Waals surface area contributed by atoms with E-state index in [4.69, 9.17) is 9.47 Å². The molecule has 0 N–H and O–H groups in total. The van der Waals surface area contributed by atoms with Crippen molar-refractivity contribution < 1.29 is 58.3 Å². The van der Waals surface area contributed by atoms with Crippen molar-refractivity contribution in [1.82, 2.24) is 0 Å². The SMILES string of the molecule is CCCCCCCCCCCCCC(=O)OC(CCCCCCCCCCCCC)CCCC(=O)[O-].CCCCCCCCCCCCCC(=O)OC(CCCCCCCCCCCCC)CCCC(=O)[O-].[Zn+2]. The van der Waals surface area contributed by atoms with Gasteiger partial charge in [0.2, 0.25) is 0 Å². The minimum absolute atomic E-state index is 0. The summed E-state index contributed by atoms with van der Waals surface area (Å²) in [5, 5.41) is 21.5. The number of hydrogen-bond donors (Lipinski definition) is 0. The number of unbranched alkanes of at least 4 members (excludes halogenated alkanes) is 40. The molecule has 0 aliphatic carbocycles. The fraction of sp³-hybridized carbons (Fsp3) is 0.938. The van der Waals surface area contributed by atoms with Gasteiger partial charge in [0.1, 0.15) is 12.2 Å². The molecular formula is C64H122O8Zn. The van der Waals surface area contributed by atoms with E-state index in [0.717, 1.165) is 51.4 Å². The van der Waals surface area contributed by atoms with E-state index < -0.39 is 11.9 Å². The van der Waals surface area contributed by atoms with Gasteiger partial charge in [0.05, 0.1) is 0 Å². The number of hydrogen-bond acceptors (Lipinski definition) is 8. The minimum Gasteiger partial charge on any atom is -0.550 e. The van der Waals surface area contributed by atoms with Gasteiger partial charge in [0.25, 0.3) is 0 Å². The Kier molecular flexibility index (Phi) is 67.2. The second-order valence-corrected chi connectivity index (χ2v) is 22.0. The Bertz CT molecular complexity index is 1050. The third-order valence-electron chi connectivity index (χ3n) is 14.6. The summed E-state index contributed by atoms with van der Waals surface area (Å²) in [7, 11) is 0. The van der Waals surface area contributed by atoms with Crippen LogP contribution < -0.4 is 10.2 Å². The number of carbonyl (C=O) groups excluding carboxylic acids is 4. The Morgan fingerprint density at radius 1 is 0.260 bits per heavy atom. The normalized spacial score (nSPS) is 11.9. The summed E-state index contributed by atoms with van der Waals surface area (Å²) >= 11 is 0. The van der Waals surface area contributed by atoms with Crippen LogP contribution >= 0.6 is 0 Å². The van der Waals surface area contributed by atoms with Gasteiger partial charge < -0.3 is 29.3 Å². The van der Waals surface area contributed by atoms with Crippen molar-refractivity contribution in [3.8, 4) is 0 Å². The topological polar surface area (TPSA) is 133 Å². The van der Waals surface area contributed by atoms with Gasteiger partial charge in [-0.15, -0.1) is 0 Å². The Morgan fingerprint density at radius 3 is 0.644 bits per heavy atom. The van der Waals surface area contributed by atoms with Crippen LogP contribution in [0, 0.1) is 0 Å². The van der Waals surface area contributed by atoms with E-state index in [1.807, 2.05) is 0 Å². The molecule has 0 saturated heterocycles. The Hall–Kier alpha value is -1.50. The van der Waals surface area contributed by atoms with Crippen molar-refractivity contribution in [2.24, 2.45) is 0 Å². The molecule has 0 amide bonds. The summed E-state index contributed by atoms with van der Waals surface area (Å²) in [5.74, 6) is -2.24. The minimum atomic E-state index is -1.02. The first-order chi connectivity index (χ1) is 35.2. The molecule has 0 aromatic rings. The van der Waals surface area contributed by atoms with Crippen molar-refractivity contribution >= 4 is 23.9 Å². The van der Waals surface area contributed by atoms with Crippen LogP contribution in [0.1, 0.15) is 374 Å². The van der Waals surface area contributed by atoms with E-state index in [1.54, 1.807) is 0 Å². The van der Waals surface area contributed by atoms with E-state index in [1.165, 1.54) is 244 Å². The van der Waals surface area contributed by atoms with Gasteiger partial charge in [-0.3, -0.25) is 9.59 Å². The molecular weight excluding hydrogens is 962 g/mol. The zero-order valence-electron chi connectivity index (χ0n) is 49.3. The first kappa shape index (κ1) is 75.7. The maximum Gasteiger partial charge on any atom is 2.00 e. The molecule has 2 unspecified atom stereocenters. The van der Waals surface area contributed by atoms with Crippen molar-refractivity contribution in [3.05, 3.63) is 0 Å². The summed E-state index contributed by atoms with van der Waals surface area (Å²) in [6.07, 6.45) is 61.2. The average Bonchev–Trinajstić information content (AvgIpc) is 3.35. The second-order valence-electron chi connectivity index (χ2n) is 22.0. The molecule has 0 aromatic heterocycles. The van der Waals surface area contributed by atoms with Crippen LogP contribution in [0.4, 0.5) is 0 Å². The number of carbonyl (C=O) groups is 4. The molecule has 0 aliphatic rings. The zero-order chi connectivity index (χ0) is 53.1.